The first-order valence-electron chi connectivity index (χ1n) is 8.70. The molecule has 0 amide bonds. The molecule has 3 aromatic rings. The Balaban J connectivity index is 1.66. The summed E-state index contributed by atoms with van der Waals surface area (Å²) < 4.78 is 5.42. The van der Waals surface area contributed by atoms with E-state index in [-0.39, 0.29) is 0 Å². The van der Waals surface area contributed by atoms with Gasteiger partial charge in [0.1, 0.15) is 0 Å². The summed E-state index contributed by atoms with van der Waals surface area (Å²) in [4.78, 5) is 15.1. The predicted octanol–water partition coefficient (Wildman–Crippen LogP) is 2.99. The van der Waals surface area contributed by atoms with Gasteiger partial charge in [0.05, 0.1) is 30.5 Å². The van der Waals surface area contributed by atoms with Gasteiger partial charge in [-0.3, -0.25) is 4.98 Å². The highest BCUT2D eigenvalue weighted by molar-refractivity contribution is 5.69. The maximum Gasteiger partial charge on any atom is 0.227 e. The van der Waals surface area contributed by atoms with Gasteiger partial charge in [-0.05, 0) is 36.4 Å². The molecule has 0 atom stereocenters. The molecule has 4 rings (SSSR count). The van der Waals surface area contributed by atoms with E-state index in [4.69, 9.17) is 4.74 Å². The van der Waals surface area contributed by atoms with Gasteiger partial charge in [0.2, 0.25) is 5.95 Å². The van der Waals surface area contributed by atoms with Crippen molar-refractivity contribution in [1.82, 2.24) is 15.0 Å². The van der Waals surface area contributed by atoms with Crippen LogP contribution in [0.3, 0.4) is 0 Å². The summed E-state index contributed by atoms with van der Waals surface area (Å²) in [6, 6.07) is 13.6. The number of nitrogens with one attached hydrogen (secondary N) is 1. The lowest BCUT2D eigenvalue weighted by Crippen LogP contribution is -2.36. The minimum Gasteiger partial charge on any atom is -0.378 e. The fourth-order valence-electron chi connectivity index (χ4n) is 2.97. The number of anilines is 3. The molecule has 1 saturated heterocycles. The number of rotatable bonds is 4. The van der Waals surface area contributed by atoms with Gasteiger partial charge >= 0.3 is 0 Å². The Hall–Kier alpha value is -3.50. The first-order valence-corrected chi connectivity index (χ1v) is 8.70. The number of benzene rings is 1. The van der Waals surface area contributed by atoms with E-state index < -0.39 is 0 Å². The second-order valence-corrected chi connectivity index (χ2v) is 6.11. The van der Waals surface area contributed by atoms with Crippen molar-refractivity contribution >= 4 is 17.3 Å². The molecular formula is C20H18N6O. The SMILES string of the molecule is N#Cc1cc(-c2ccnc(Nc3ccncc3)n2)cc(N2CCOCC2)c1. The molecule has 1 aliphatic rings. The van der Waals surface area contributed by atoms with Gasteiger partial charge < -0.3 is 15.0 Å². The smallest absolute Gasteiger partial charge is 0.227 e. The van der Waals surface area contributed by atoms with Crippen LogP contribution in [0.4, 0.5) is 17.3 Å². The van der Waals surface area contributed by atoms with Gasteiger partial charge in [-0.2, -0.15) is 5.26 Å². The summed E-state index contributed by atoms with van der Waals surface area (Å²) in [5.74, 6) is 0.494. The van der Waals surface area contributed by atoms with Crippen LogP contribution < -0.4 is 10.2 Å². The topological polar surface area (TPSA) is 87.0 Å². The summed E-state index contributed by atoms with van der Waals surface area (Å²) in [6.45, 7) is 3.01. The minimum absolute atomic E-state index is 0.494. The summed E-state index contributed by atoms with van der Waals surface area (Å²) in [6.07, 6.45) is 5.12. The number of aromatic nitrogens is 3. The lowest BCUT2D eigenvalue weighted by molar-refractivity contribution is 0.122. The molecule has 3 heterocycles. The third kappa shape index (κ3) is 4.02. The van der Waals surface area contributed by atoms with Gasteiger partial charge in [0.15, 0.2) is 0 Å². The Labute approximate surface area is 157 Å². The second-order valence-electron chi connectivity index (χ2n) is 6.11. The fraction of sp³-hybridized carbons (Fsp3) is 0.200. The monoisotopic (exact) mass is 358 g/mol. The Morgan fingerprint density at radius 1 is 1.04 bits per heavy atom. The van der Waals surface area contributed by atoms with Gasteiger partial charge in [0.25, 0.3) is 0 Å². The normalized spacial score (nSPS) is 13.8. The van der Waals surface area contributed by atoms with Crippen LogP contribution in [0.2, 0.25) is 0 Å². The van der Waals surface area contributed by atoms with Crippen LogP contribution in [0.15, 0.2) is 55.0 Å². The van der Waals surface area contributed by atoms with E-state index in [0.29, 0.717) is 24.7 Å². The van der Waals surface area contributed by atoms with Crippen molar-refractivity contribution in [2.75, 3.05) is 36.5 Å². The zero-order valence-corrected chi connectivity index (χ0v) is 14.7. The van der Waals surface area contributed by atoms with Gasteiger partial charge in [-0.25, -0.2) is 9.97 Å². The highest BCUT2D eigenvalue weighted by atomic mass is 16.5. The number of nitrogens with zero attached hydrogens (tertiary/aromatic N) is 5. The molecule has 7 heteroatoms. The highest BCUT2D eigenvalue weighted by Crippen LogP contribution is 2.27. The van der Waals surface area contributed by atoms with Crippen molar-refractivity contribution in [2.45, 2.75) is 0 Å². The van der Waals surface area contributed by atoms with Gasteiger partial charge in [0, 0.05) is 48.6 Å². The molecule has 2 aromatic heterocycles. The maximum absolute atomic E-state index is 9.44. The number of hydrogen-bond donors (Lipinski definition) is 1. The second kappa shape index (κ2) is 7.81. The highest BCUT2D eigenvalue weighted by Gasteiger charge is 2.14. The fourth-order valence-corrected chi connectivity index (χ4v) is 2.97. The molecule has 0 radical (unpaired) electrons. The van der Waals surface area contributed by atoms with Crippen molar-refractivity contribution in [3.8, 4) is 17.3 Å². The largest absolute Gasteiger partial charge is 0.378 e. The molecule has 7 nitrogen and oxygen atoms in total. The Bertz CT molecular complexity index is 964. The molecule has 27 heavy (non-hydrogen) atoms. The van der Waals surface area contributed by atoms with Crippen LogP contribution in [0.1, 0.15) is 5.56 Å². The van der Waals surface area contributed by atoms with Gasteiger partial charge in [-0.15, -0.1) is 0 Å². The molecular weight excluding hydrogens is 340 g/mol. The zero-order valence-electron chi connectivity index (χ0n) is 14.7. The zero-order chi connectivity index (χ0) is 18.5. The van der Waals surface area contributed by atoms with E-state index in [1.165, 1.54) is 0 Å². The summed E-state index contributed by atoms with van der Waals surface area (Å²) in [7, 11) is 0. The van der Waals surface area contributed by atoms with Crippen LogP contribution in [0.5, 0.6) is 0 Å². The predicted molar refractivity (Wildman–Crippen MR) is 103 cm³/mol. The van der Waals surface area contributed by atoms with Crippen molar-refractivity contribution in [3.05, 3.63) is 60.6 Å². The molecule has 1 aromatic carbocycles. The van der Waals surface area contributed by atoms with Crippen LogP contribution in [0, 0.1) is 11.3 Å². The number of hydrogen-bond acceptors (Lipinski definition) is 7. The standard InChI is InChI=1S/C20H18N6O/c21-14-15-11-16(13-18(12-15)26-7-9-27-10-8-26)19-3-6-23-20(25-19)24-17-1-4-22-5-2-17/h1-6,11-13H,7-10H2,(H,22,23,24,25). The molecule has 1 aliphatic heterocycles. The first-order chi connectivity index (χ1) is 13.3. The molecule has 0 bridgehead atoms. The van der Waals surface area contributed by atoms with Crippen LogP contribution in [0.25, 0.3) is 11.3 Å². The minimum atomic E-state index is 0.494. The number of pyridine rings is 1. The van der Waals surface area contributed by atoms with Crippen molar-refractivity contribution in [3.63, 3.8) is 0 Å². The van der Waals surface area contributed by atoms with Gasteiger partial charge in [-0.1, -0.05) is 0 Å². The number of morpholine rings is 1. The van der Waals surface area contributed by atoms with E-state index in [2.05, 4.69) is 37.3 Å². The molecule has 0 spiro atoms. The summed E-state index contributed by atoms with van der Waals surface area (Å²) in [5, 5.41) is 12.6. The lowest BCUT2D eigenvalue weighted by Gasteiger charge is -2.29. The van der Waals surface area contributed by atoms with Crippen LogP contribution in [-0.4, -0.2) is 41.3 Å². The van der Waals surface area contributed by atoms with E-state index >= 15 is 0 Å². The lowest BCUT2D eigenvalue weighted by atomic mass is 10.1. The quantitative estimate of drug-likeness (QED) is 0.767. The summed E-state index contributed by atoms with van der Waals surface area (Å²) >= 11 is 0. The van der Waals surface area contributed by atoms with Crippen LogP contribution in [-0.2, 0) is 4.74 Å². The number of ether oxygens (including phenoxy) is 1. The Morgan fingerprint density at radius 3 is 2.63 bits per heavy atom. The van der Waals surface area contributed by atoms with E-state index in [1.807, 2.05) is 30.3 Å². The third-order valence-electron chi connectivity index (χ3n) is 4.31. The molecule has 0 saturated carbocycles. The molecule has 0 unspecified atom stereocenters. The van der Waals surface area contributed by atoms with E-state index in [1.54, 1.807) is 18.6 Å². The summed E-state index contributed by atoms with van der Waals surface area (Å²) in [5.41, 5.74) is 4.12. The average molecular weight is 358 g/mol. The van der Waals surface area contributed by atoms with Crippen LogP contribution >= 0.6 is 0 Å². The van der Waals surface area contributed by atoms with Crippen molar-refractivity contribution in [2.24, 2.45) is 0 Å². The third-order valence-corrected chi connectivity index (χ3v) is 4.31. The van der Waals surface area contributed by atoms with E-state index in [0.717, 1.165) is 35.7 Å². The number of nitriles is 1. The first kappa shape index (κ1) is 16.9. The van der Waals surface area contributed by atoms with Crippen molar-refractivity contribution in [1.29, 1.82) is 5.26 Å². The Morgan fingerprint density at radius 2 is 1.85 bits per heavy atom. The maximum atomic E-state index is 9.44. The molecule has 1 N–H and O–H groups in total. The molecule has 1 fully saturated rings. The van der Waals surface area contributed by atoms with Crippen molar-refractivity contribution < 1.29 is 4.74 Å². The van der Waals surface area contributed by atoms with E-state index in [9.17, 15) is 5.26 Å². The average Bonchev–Trinajstić information content (AvgIpc) is 2.75. The molecule has 134 valence electrons. The Kier molecular flexibility index (Phi) is 4.90. The molecule has 0 aliphatic carbocycles.